The molecule has 1 aromatic rings. The lowest BCUT2D eigenvalue weighted by Crippen LogP contribution is -2.64. The molecule has 0 bridgehead atoms. The van der Waals surface area contributed by atoms with Crippen LogP contribution in [0.3, 0.4) is 0 Å². The highest BCUT2D eigenvalue weighted by molar-refractivity contribution is 5.73. The summed E-state index contributed by atoms with van der Waals surface area (Å²) >= 11 is 0. The summed E-state index contributed by atoms with van der Waals surface area (Å²) in [4.78, 5) is 11.4. The van der Waals surface area contributed by atoms with E-state index in [1.165, 1.54) is 6.92 Å². The number of nitrogens with zero attached hydrogens (tertiary/aromatic N) is 3. The smallest absolute Gasteiger partial charge is 0.217 e. The molecule has 0 saturated carbocycles. The molecule has 1 aliphatic heterocycles. The summed E-state index contributed by atoms with van der Waals surface area (Å²) < 4.78 is 29.3. The number of aliphatic hydroxyl groups is 3. The number of amides is 1. The number of aliphatic hydroxyl groups excluding tert-OH is 3. The molecule has 4 N–H and O–H groups in total. The van der Waals surface area contributed by atoms with E-state index in [0.717, 1.165) is 18.7 Å². The zero-order valence-corrected chi connectivity index (χ0v) is 20.7. The monoisotopic (exact) mass is 504 g/mol. The van der Waals surface area contributed by atoms with Crippen LogP contribution in [0.4, 0.5) is 0 Å². The molecule has 1 aliphatic rings. The predicted octanol–water partition coefficient (Wildman–Crippen LogP) is -1.17. The van der Waals surface area contributed by atoms with E-state index >= 15 is 0 Å². The minimum atomic E-state index is -1.35. The van der Waals surface area contributed by atoms with E-state index in [-0.39, 0.29) is 13.2 Å². The summed E-state index contributed by atoms with van der Waals surface area (Å²) in [5, 5.41) is 40.2. The van der Waals surface area contributed by atoms with Crippen LogP contribution in [0.2, 0.25) is 0 Å². The van der Waals surface area contributed by atoms with Crippen molar-refractivity contribution in [2.75, 3.05) is 46.2 Å². The van der Waals surface area contributed by atoms with Crippen molar-refractivity contribution in [1.29, 1.82) is 0 Å². The Hall–Kier alpha value is -1.71. The van der Waals surface area contributed by atoms with Gasteiger partial charge in [-0.2, -0.15) is 0 Å². The quantitative estimate of drug-likeness (QED) is 0.189. The molecule has 1 saturated heterocycles. The first kappa shape index (κ1) is 29.5. The van der Waals surface area contributed by atoms with Crippen molar-refractivity contribution in [2.24, 2.45) is 5.92 Å². The van der Waals surface area contributed by atoms with Gasteiger partial charge in [0.05, 0.1) is 59.1 Å². The number of aryl methyl sites for hydroxylation is 1. The average Bonchev–Trinajstić information content (AvgIpc) is 3.27. The number of hydrogen-bond donors (Lipinski definition) is 4. The maximum Gasteiger partial charge on any atom is 0.217 e. The standard InChI is InChI=1S/C22H40N4O9/c1-15(2)4-5-26-12-17(24-25-26)14-33-9-8-31-6-7-32-10-11-34-22-19(23-16(3)28)21(30)20(29)18(13-27)35-22/h12,15,18-22,27,29-30H,4-11,13-14H2,1-3H3,(H,23,28). The van der Waals surface area contributed by atoms with Gasteiger partial charge in [-0.1, -0.05) is 19.1 Å². The average molecular weight is 505 g/mol. The molecule has 1 amide bonds. The fraction of sp³-hybridized carbons (Fsp3) is 0.864. The van der Waals surface area contributed by atoms with Gasteiger partial charge < -0.3 is 44.3 Å². The van der Waals surface area contributed by atoms with Gasteiger partial charge >= 0.3 is 0 Å². The predicted molar refractivity (Wildman–Crippen MR) is 122 cm³/mol. The Bertz CT molecular complexity index is 721. The van der Waals surface area contributed by atoms with Crippen LogP contribution in [0.1, 0.15) is 32.9 Å². The van der Waals surface area contributed by atoms with Crippen LogP contribution < -0.4 is 5.32 Å². The van der Waals surface area contributed by atoms with Gasteiger partial charge in [0.15, 0.2) is 6.29 Å². The van der Waals surface area contributed by atoms with E-state index in [9.17, 15) is 20.1 Å². The van der Waals surface area contributed by atoms with Gasteiger partial charge in [-0.25, -0.2) is 0 Å². The van der Waals surface area contributed by atoms with E-state index in [1.54, 1.807) is 0 Å². The van der Waals surface area contributed by atoms with E-state index in [1.807, 2.05) is 10.9 Å². The summed E-state index contributed by atoms with van der Waals surface area (Å²) in [5.74, 6) is 0.204. The fourth-order valence-corrected chi connectivity index (χ4v) is 3.36. The number of carbonyl (C=O) groups is 1. The second-order valence-corrected chi connectivity index (χ2v) is 8.74. The highest BCUT2D eigenvalue weighted by Crippen LogP contribution is 2.22. The molecule has 1 aromatic heterocycles. The summed E-state index contributed by atoms with van der Waals surface area (Å²) in [6.07, 6.45) is -1.81. The van der Waals surface area contributed by atoms with E-state index in [0.29, 0.717) is 39.0 Å². The van der Waals surface area contributed by atoms with Gasteiger partial charge in [0, 0.05) is 13.5 Å². The van der Waals surface area contributed by atoms with Crippen LogP contribution in [0.5, 0.6) is 0 Å². The summed E-state index contributed by atoms with van der Waals surface area (Å²) in [6.45, 7) is 8.24. The number of hydrogen-bond acceptors (Lipinski definition) is 11. The van der Waals surface area contributed by atoms with Crippen LogP contribution in [0, 0.1) is 5.92 Å². The number of aromatic nitrogens is 3. The van der Waals surface area contributed by atoms with Crippen molar-refractivity contribution in [3.63, 3.8) is 0 Å². The Morgan fingerprint density at radius 1 is 1.11 bits per heavy atom. The maximum absolute atomic E-state index is 11.4. The SMILES string of the molecule is CC(=O)NC1C(OCCOCCOCCOCc2cn(CCC(C)C)nn2)OC(CO)C(O)C1O. The van der Waals surface area contributed by atoms with Gasteiger partial charge in [0.25, 0.3) is 0 Å². The van der Waals surface area contributed by atoms with Crippen LogP contribution >= 0.6 is 0 Å². The Morgan fingerprint density at radius 2 is 1.77 bits per heavy atom. The highest BCUT2D eigenvalue weighted by Gasteiger charge is 2.45. The fourth-order valence-electron chi connectivity index (χ4n) is 3.36. The molecule has 2 rings (SSSR count). The normalized spacial score (nSPS) is 24.7. The van der Waals surface area contributed by atoms with Gasteiger partial charge in [-0.15, -0.1) is 5.10 Å². The molecule has 13 heteroatoms. The lowest BCUT2D eigenvalue weighted by Gasteiger charge is -2.42. The molecule has 0 aromatic carbocycles. The minimum Gasteiger partial charge on any atom is -0.394 e. The Kier molecular flexibility index (Phi) is 13.6. The summed E-state index contributed by atoms with van der Waals surface area (Å²) in [7, 11) is 0. The second-order valence-electron chi connectivity index (χ2n) is 8.74. The van der Waals surface area contributed by atoms with Crippen molar-refractivity contribution < 1.29 is 43.8 Å². The van der Waals surface area contributed by atoms with Crippen molar-refractivity contribution in [3.8, 4) is 0 Å². The molecule has 0 aliphatic carbocycles. The second kappa shape index (κ2) is 16.1. The first-order valence-corrected chi connectivity index (χ1v) is 11.9. The Labute approximate surface area is 205 Å². The largest absolute Gasteiger partial charge is 0.394 e. The first-order chi connectivity index (χ1) is 16.8. The third-order valence-corrected chi connectivity index (χ3v) is 5.28. The van der Waals surface area contributed by atoms with E-state index in [4.69, 9.17) is 23.7 Å². The number of ether oxygens (including phenoxy) is 5. The molecule has 0 radical (unpaired) electrons. The first-order valence-electron chi connectivity index (χ1n) is 11.9. The molecule has 0 spiro atoms. The summed E-state index contributed by atoms with van der Waals surface area (Å²) in [6, 6.07) is -0.974. The third kappa shape index (κ3) is 10.8. The molecule has 35 heavy (non-hydrogen) atoms. The summed E-state index contributed by atoms with van der Waals surface area (Å²) in [5.41, 5.74) is 0.784. The molecule has 5 unspecified atom stereocenters. The van der Waals surface area contributed by atoms with Crippen LogP contribution in [0.15, 0.2) is 6.20 Å². The van der Waals surface area contributed by atoms with Gasteiger partial charge in [0.1, 0.15) is 30.0 Å². The lowest BCUT2D eigenvalue weighted by atomic mass is 9.97. The minimum absolute atomic E-state index is 0.114. The van der Waals surface area contributed by atoms with Crippen LogP contribution in [-0.4, -0.2) is 113 Å². The Morgan fingerprint density at radius 3 is 2.40 bits per heavy atom. The molecular weight excluding hydrogens is 464 g/mol. The maximum atomic E-state index is 11.4. The number of carbonyl (C=O) groups excluding carboxylic acids is 1. The van der Waals surface area contributed by atoms with Crippen molar-refractivity contribution >= 4 is 5.91 Å². The highest BCUT2D eigenvalue weighted by atomic mass is 16.7. The molecule has 2 heterocycles. The van der Waals surface area contributed by atoms with Gasteiger partial charge in [-0.05, 0) is 12.3 Å². The van der Waals surface area contributed by atoms with Crippen LogP contribution in [0.25, 0.3) is 0 Å². The zero-order valence-electron chi connectivity index (χ0n) is 20.7. The molecular formula is C22H40N4O9. The van der Waals surface area contributed by atoms with Gasteiger partial charge in [-0.3, -0.25) is 9.48 Å². The molecule has 13 nitrogen and oxygen atoms in total. The van der Waals surface area contributed by atoms with Crippen molar-refractivity contribution in [3.05, 3.63) is 11.9 Å². The molecule has 5 atom stereocenters. The number of nitrogens with one attached hydrogen (secondary N) is 1. The van der Waals surface area contributed by atoms with Crippen molar-refractivity contribution in [1.82, 2.24) is 20.3 Å². The van der Waals surface area contributed by atoms with E-state index < -0.39 is 43.2 Å². The Balaban J connectivity index is 1.51. The lowest BCUT2D eigenvalue weighted by molar-refractivity contribution is -0.272. The number of rotatable bonds is 17. The van der Waals surface area contributed by atoms with E-state index in [2.05, 4.69) is 29.5 Å². The van der Waals surface area contributed by atoms with Crippen molar-refractivity contribution in [2.45, 2.75) is 71.0 Å². The molecule has 202 valence electrons. The van der Waals surface area contributed by atoms with Crippen LogP contribution in [-0.2, 0) is 41.6 Å². The molecule has 1 fully saturated rings. The third-order valence-electron chi connectivity index (χ3n) is 5.28. The topological polar surface area (TPSA) is 167 Å². The van der Waals surface area contributed by atoms with Gasteiger partial charge in [0.2, 0.25) is 5.91 Å². The zero-order chi connectivity index (χ0) is 25.6.